The van der Waals surface area contributed by atoms with Crippen molar-refractivity contribution in [3.63, 3.8) is 0 Å². The second-order valence-electron chi connectivity index (χ2n) is 20.2. The predicted octanol–water partition coefficient (Wildman–Crippen LogP) is 20.3. The number of aryl methyl sites for hydroxylation is 4. The highest BCUT2D eigenvalue weighted by Gasteiger charge is 2.24. The van der Waals surface area contributed by atoms with Gasteiger partial charge in [0, 0.05) is 33.5 Å². The van der Waals surface area contributed by atoms with Crippen molar-refractivity contribution in [1.82, 2.24) is 0 Å². The van der Waals surface area contributed by atoms with Crippen LogP contribution in [0.5, 0.6) is 0 Å². The largest absolute Gasteiger partial charge is 0.310 e. The summed E-state index contributed by atoms with van der Waals surface area (Å²) in [5, 5.41) is 26.2. The maximum absolute atomic E-state index is 9.74. The smallest absolute Gasteiger partial charge is 0.187 e. The standard InChI is InChI=1S/C72H48N6/c1-45-31-46(2)34-63(33-45)77(65-39-57(51-11-7-49(43-73)8-12-51)37-59(41-65)53-15-23-61(75-5)24-16-53)69-29-21-55-20-28-68-70(30-22-56-19-27-67(69)71(55)72(56)68)78(64-35-47(3)32-48(4)36-64)66-40-58(52-13-9-50(44-74)10-14-52)38-60(42-66)54-17-25-62(76-6)26-18-54/h7-42H,1-4H3. The summed E-state index contributed by atoms with van der Waals surface area (Å²) in [6, 6.07) is 80.5. The lowest BCUT2D eigenvalue weighted by molar-refractivity contribution is 1.26. The number of nitrogens with zero attached hydrogens (tertiary/aromatic N) is 6. The molecule has 0 saturated heterocycles. The Morgan fingerprint density at radius 3 is 0.923 bits per heavy atom. The third-order valence-corrected chi connectivity index (χ3v) is 14.7. The van der Waals surface area contributed by atoms with Gasteiger partial charge in [-0.2, -0.15) is 10.5 Å². The minimum absolute atomic E-state index is 0.582. The fraction of sp³-hybridized carbons (Fsp3) is 0.0556. The molecule has 0 bridgehead atoms. The van der Waals surface area contributed by atoms with Crippen LogP contribution in [0, 0.1) is 63.5 Å². The fourth-order valence-electron chi connectivity index (χ4n) is 11.3. The molecule has 0 aromatic heterocycles. The SMILES string of the molecule is [C-]#[N+]c1ccc(-c2cc(-c3ccc(C#N)cc3)cc(N(c3cc(C)cc(C)c3)c3ccc4ccc5c(N(c6cc(C)cc(C)c6)c6cc(-c7ccc(C#N)cc7)cc(-c7ccc([N+]#[C-])cc7)c6)ccc6ccc3c4c65)c2)cc1. The summed E-state index contributed by atoms with van der Waals surface area (Å²) in [5.74, 6) is 0. The van der Waals surface area contributed by atoms with Crippen LogP contribution >= 0.6 is 0 Å². The van der Waals surface area contributed by atoms with E-state index in [9.17, 15) is 10.5 Å². The normalized spacial score (nSPS) is 11.0. The molecule has 12 aromatic rings. The van der Waals surface area contributed by atoms with Gasteiger partial charge < -0.3 is 9.80 Å². The summed E-state index contributed by atoms with van der Waals surface area (Å²) in [6.07, 6.45) is 0. The summed E-state index contributed by atoms with van der Waals surface area (Å²) in [6.45, 7) is 23.9. The minimum Gasteiger partial charge on any atom is -0.310 e. The zero-order chi connectivity index (χ0) is 53.6. The highest BCUT2D eigenvalue weighted by Crippen LogP contribution is 2.50. The van der Waals surface area contributed by atoms with E-state index in [-0.39, 0.29) is 0 Å². The zero-order valence-electron chi connectivity index (χ0n) is 43.5. The summed E-state index contributed by atoms with van der Waals surface area (Å²) in [7, 11) is 0. The van der Waals surface area contributed by atoms with Crippen LogP contribution in [0.15, 0.2) is 218 Å². The van der Waals surface area contributed by atoms with Crippen molar-refractivity contribution >= 4 is 77.8 Å². The van der Waals surface area contributed by atoms with Crippen LogP contribution in [-0.2, 0) is 0 Å². The molecule has 0 spiro atoms. The zero-order valence-corrected chi connectivity index (χ0v) is 43.5. The van der Waals surface area contributed by atoms with E-state index in [1.165, 1.54) is 0 Å². The molecule has 0 heterocycles. The lowest BCUT2D eigenvalue weighted by atomic mass is 9.91. The van der Waals surface area contributed by atoms with E-state index < -0.39 is 0 Å². The summed E-state index contributed by atoms with van der Waals surface area (Å²) in [4.78, 5) is 12.1. The van der Waals surface area contributed by atoms with Crippen LogP contribution in [-0.4, -0.2) is 0 Å². The van der Waals surface area contributed by atoms with Gasteiger partial charge in [-0.1, -0.05) is 121 Å². The average molecular weight is 997 g/mol. The number of hydrogen-bond donors (Lipinski definition) is 0. The minimum atomic E-state index is 0.582. The molecule has 0 saturated carbocycles. The van der Waals surface area contributed by atoms with Gasteiger partial charge in [0.05, 0.1) is 47.8 Å². The molecule has 12 aromatic carbocycles. The molecule has 0 unspecified atom stereocenters. The first-order valence-corrected chi connectivity index (χ1v) is 25.8. The van der Waals surface area contributed by atoms with Crippen LogP contribution in [0.1, 0.15) is 33.4 Å². The van der Waals surface area contributed by atoms with Crippen molar-refractivity contribution in [2.24, 2.45) is 0 Å². The lowest BCUT2D eigenvalue weighted by Crippen LogP contribution is -2.12. The molecule has 12 rings (SSSR count). The molecule has 6 heteroatoms. The van der Waals surface area contributed by atoms with E-state index >= 15 is 0 Å². The Morgan fingerprint density at radius 1 is 0.321 bits per heavy atom. The highest BCUT2D eigenvalue weighted by atomic mass is 15.2. The summed E-state index contributed by atoms with van der Waals surface area (Å²) < 4.78 is 0. The van der Waals surface area contributed by atoms with Crippen LogP contribution in [0.4, 0.5) is 45.5 Å². The Balaban J connectivity index is 1.11. The Labute approximate surface area is 454 Å². The van der Waals surface area contributed by atoms with E-state index in [1.807, 2.05) is 97.1 Å². The molecule has 0 aliphatic heterocycles. The van der Waals surface area contributed by atoms with E-state index in [4.69, 9.17) is 13.1 Å². The average Bonchev–Trinajstić information content (AvgIpc) is 3.66. The molecule has 0 aliphatic carbocycles. The first-order chi connectivity index (χ1) is 38.0. The first kappa shape index (κ1) is 48.2. The molecular formula is C72H48N6. The maximum Gasteiger partial charge on any atom is 0.187 e. The molecule has 0 N–H and O–H groups in total. The quantitative estimate of drug-likeness (QED) is 0.101. The van der Waals surface area contributed by atoms with Crippen LogP contribution in [0.25, 0.3) is 86.5 Å². The second-order valence-corrected chi connectivity index (χ2v) is 20.2. The van der Waals surface area contributed by atoms with E-state index in [1.54, 1.807) is 0 Å². The van der Waals surface area contributed by atoms with Gasteiger partial charge in [-0.25, -0.2) is 9.69 Å². The Bertz CT molecular complexity index is 4020. The van der Waals surface area contributed by atoms with Crippen LogP contribution in [0.3, 0.4) is 0 Å². The number of hydrogen-bond acceptors (Lipinski definition) is 4. The second kappa shape index (κ2) is 19.8. The highest BCUT2D eigenvalue weighted by molar-refractivity contribution is 6.28. The third-order valence-electron chi connectivity index (χ3n) is 14.7. The van der Waals surface area contributed by atoms with Crippen molar-refractivity contribution < 1.29 is 0 Å². The van der Waals surface area contributed by atoms with Gasteiger partial charge in [-0.05, 0) is 213 Å². The van der Waals surface area contributed by atoms with Crippen molar-refractivity contribution in [3.8, 4) is 56.6 Å². The molecule has 6 nitrogen and oxygen atoms in total. The molecule has 0 radical (unpaired) electrons. The Hall–Kier alpha value is -10.8. The molecular weight excluding hydrogens is 949 g/mol. The lowest BCUT2D eigenvalue weighted by Gasteiger charge is -2.31. The van der Waals surface area contributed by atoms with Crippen molar-refractivity contribution in [3.05, 3.63) is 275 Å². The number of anilines is 6. The van der Waals surface area contributed by atoms with Gasteiger partial charge >= 0.3 is 0 Å². The summed E-state index contributed by atoms with van der Waals surface area (Å²) in [5.41, 5.74) is 20.9. The van der Waals surface area contributed by atoms with Gasteiger partial charge in [0.2, 0.25) is 0 Å². The summed E-state index contributed by atoms with van der Waals surface area (Å²) >= 11 is 0. The topological polar surface area (TPSA) is 62.8 Å². The van der Waals surface area contributed by atoms with Gasteiger partial charge in [-0.3, -0.25) is 0 Å². The van der Waals surface area contributed by atoms with E-state index in [0.717, 1.165) is 133 Å². The van der Waals surface area contributed by atoms with Crippen LogP contribution in [0.2, 0.25) is 0 Å². The first-order valence-electron chi connectivity index (χ1n) is 25.8. The fourth-order valence-corrected chi connectivity index (χ4v) is 11.3. The Morgan fingerprint density at radius 2 is 0.615 bits per heavy atom. The molecule has 366 valence electrons. The monoisotopic (exact) mass is 996 g/mol. The molecule has 0 fully saturated rings. The van der Waals surface area contributed by atoms with Gasteiger partial charge in [0.15, 0.2) is 11.4 Å². The molecule has 0 aliphatic rings. The van der Waals surface area contributed by atoms with Crippen molar-refractivity contribution in [2.45, 2.75) is 27.7 Å². The predicted molar refractivity (Wildman–Crippen MR) is 322 cm³/mol. The molecule has 78 heavy (non-hydrogen) atoms. The maximum atomic E-state index is 9.74. The van der Waals surface area contributed by atoms with Crippen LogP contribution < -0.4 is 9.80 Å². The van der Waals surface area contributed by atoms with Crippen molar-refractivity contribution in [1.29, 1.82) is 10.5 Å². The number of nitriles is 2. The van der Waals surface area contributed by atoms with Crippen molar-refractivity contribution in [2.75, 3.05) is 9.80 Å². The number of rotatable bonds is 10. The molecule has 0 atom stereocenters. The van der Waals surface area contributed by atoms with Gasteiger partial charge in [0.1, 0.15) is 0 Å². The number of benzene rings is 12. The van der Waals surface area contributed by atoms with Gasteiger partial charge in [-0.15, -0.1) is 0 Å². The van der Waals surface area contributed by atoms with E-state index in [2.05, 4.69) is 181 Å². The van der Waals surface area contributed by atoms with E-state index in [0.29, 0.717) is 22.5 Å². The third kappa shape index (κ3) is 8.97. The van der Waals surface area contributed by atoms with Gasteiger partial charge in [0.25, 0.3) is 0 Å². The molecule has 0 amide bonds. The Kier molecular flexibility index (Phi) is 12.3.